The predicted molar refractivity (Wildman–Crippen MR) is 26.7 cm³/mol. The standard InChI is InChI=1S/CHO2.Mg.H2O3S/c2-1-3;;1-4(2)3/h(H,2,3);;4H,(H,1,2,3)/q;+2;. The molecule has 0 fully saturated rings. The molecule has 0 atom stereocenters. The van der Waals surface area contributed by atoms with Gasteiger partial charge in [-0.1, -0.05) is 0 Å². The number of carbonyl (C=O) groups is 1. The lowest BCUT2D eigenvalue weighted by molar-refractivity contribution is 0.220. The number of carboxylic acid groups (broad SMARTS) is 1. The van der Waals surface area contributed by atoms with Crippen LogP contribution in [0.4, 0.5) is 4.79 Å². The third-order valence-electron chi connectivity index (χ3n) is 0. The second-order valence-electron chi connectivity index (χ2n) is 0.632. The van der Waals surface area contributed by atoms with E-state index in [0.717, 1.165) is 21.7 Å². The van der Waals surface area contributed by atoms with E-state index < -0.39 is 15.1 Å². The van der Waals surface area contributed by atoms with Crippen molar-refractivity contribution in [3.8, 4) is 0 Å². The van der Waals surface area contributed by atoms with Crippen molar-refractivity contribution in [1.82, 2.24) is 0 Å². The van der Waals surface area contributed by atoms with Crippen LogP contribution in [0.2, 0.25) is 0 Å². The largest absolute Gasteiger partial charge is 1.57 e. The van der Waals surface area contributed by atoms with Crippen LogP contribution in [0.3, 0.4) is 0 Å². The second kappa shape index (κ2) is 7.15. The molecule has 2 N–H and O–H groups in total. The number of hydrogen-bond donors (Lipinski definition) is 3. The van der Waals surface area contributed by atoms with E-state index in [2.05, 4.69) is 0 Å². The maximum atomic E-state index is 9.01. The minimum Gasteiger partial charge on any atom is -0.420 e. The molecule has 0 rings (SSSR count). The Bertz CT molecular complexity index is 114. The van der Waals surface area contributed by atoms with Gasteiger partial charge in [-0.15, -0.1) is 0 Å². The third kappa shape index (κ3) is 7610. The quantitative estimate of drug-likeness (QED) is 0.232. The lowest BCUT2D eigenvalue weighted by Gasteiger charge is -1.43. The lowest BCUT2D eigenvalue weighted by atomic mass is 11.6. The number of rotatable bonds is 0. The third-order valence-corrected chi connectivity index (χ3v) is 0. The SMILES string of the molecule is O=[C](O)[Mg+2].O=[SH](=O)O. The van der Waals surface area contributed by atoms with Crippen LogP contribution in [0.1, 0.15) is 0 Å². The molecule has 0 aromatic heterocycles. The molecule has 0 saturated carbocycles. The van der Waals surface area contributed by atoms with E-state index in [1.807, 2.05) is 0 Å². The summed E-state index contributed by atoms with van der Waals surface area (Å²) in [5.41, 5.74) is 0. The Kier molecular flexibility index (Phi) is 9.84. The van der Waals surface area contributed by atoms with Crippen molar-refractivity contribution in [1.29, 1.82) is 0 Å². The molecule has 8 heavy (non-hydrogen) atoms. The molecule has 0 aliphatic rings. The molecule has 0 aliphatic carbocycles. The average Bonchev–Trinajstić information content (AvgIpc) is 1.25. The fourth-order valence-corrected chi connectivity index (χ4v) is 0. The first-order chi connectivity index (χ1) is 3.46. The molecule has 7 radical (unpaired) electrons. The molecule has 0 spiro atoms. The van der Waals surface area contributed by atoms with Crippen LogP contribution >= 0.6 is 0 Å². The minimum absolute atomic E-state index is 0.806. The molecule has 7 heteroatoms. The Morgan fingerprint density at radius 1 is 1.50 bits per heavy atom. The maximum Gasteiger partial charge on any atom is 1.57 e. The summed E-state index contributed by atoms with van der Waals surface area (Å²) < 4.78 is 23.4. The van der Waals surface area contributed by atoms with Gasteiger partial charge in [0, 0.05) is 0 Å². The van der Waals surface area contributed by atoms with Gasteiger partial charge in [0.2, 0.25) is 0 Å². The molecule has 0 amide bonds. The van der Waals surface area contributed by atoms with Gasteiger partial charge < -0.3 is 5.11 Å². The summed E-state index contributed by atoms with van der Waals surface area (Å²) in [5.74, 6) is 0. The van der Waals surface area contributed by atoms with E-state index in [0.29, 0.717) is 0 Å². The predicted octanol–water partition coefficient (Wildman–Crippen LogP) is -1.10. The van der Waals surface area contributed by atoms with Crippen LogP contribution in [0.15, 0.2) is 0 Å². The van der Waals surface area contributed by atoms with Gasteiger partial charge in [-0.2, -0.15) is 4.79 Å². The topological polar surface area (TPSA) is 91.7 Å². The summed E-state index contributed by atoms with van der Waals surface area (Å²) in [5, 5.41) is 7.43. The fourth-order valence-electron chi connectivity index (χ4n) is 0. The molecule has 0 aliphatic heterocycles. The highest BCUT2D eigenvalue weighted by Gasteiger charge is 2.43. The lowest BCUT2D eigenvalue weighted by Crippen LogP contribution is -1.83. The zero-order valence-corrected chi connectivity index (χ0v) is 6.08. The molecule has 5 nitrogen and oxygen atoms in total. The minimum atomic E-state index is -3.12. The van der Waals surface area contributed by atoms with Crippen molar-refractivity contribution >= 4 is 36.8 Å². The van der Waals surface area contributed by atoms with E-state index in [1.165, 1.54) is 0 Å². The van der Waals surface area contributed by atoms with Crippen molar-refractivity contribution < 1.29 is 22.9 Å². The Labute approximate surface area is 59.9 Å². The summed E-state index contributed by atoms with van der Waals surface area (Å²) in [6, 6.07) is 0. The average molecular weight is 151 g/mol. The number of thiol groups is 1. The second-order valence-corrected chi connectivity index (χ2v) is 1.71. The summed E-state index contributed by atoms with van der Waals surface area (Å²) in [4.78, 5) is 9.01. The summed E-state index contributed by atoms with van der Waals surface area (Å²) in [7, 11) is -3.12. The highest BCUT2D eigenvalue weighted by Crippen LogP contribution is 1.41. The molecule has 43 valence electrons. The zero-order valence-electron chi connectivity index (χ0n) is 3.77. The number of hydrogen-bond acceptors (Lipinski definition) is 3. The summed E-state index contributed by atoms with van der Waals surface area (Å²) in [6.45, 7) is 0. The van der Waals surface area contributed by atoms with Crippen LogP contribution in [0.5, 0.6) is 0 Å². The molecule has 0 saturated heterocycles. The van der Waals surface area contributed by atoms with E-state index >= 15 is 0 Å². The molecular weight excluding hydrogens is 148 g/mol. The van der Waals surface area contributed by atoms with Crippen LogP contribution in [-0.2, 0) is 11.0 Å². The smallest absolute Gasteiger partial charge is 0.420 e. The normalized spacial score (nSPS) is 7.38. The first kappa shape index (κ1) is 11.0. The van der Waals surface area contributed by atoms with Crippen LogP contribution < -0.4 is 0 Å². The van der Waals surface area contributed by atoms with Gasteiger partial charge in [-0.25, -0.2) is 8.42 Å². The molecule has 0 heterocycles. The van der Waals surface area contributed by atoms with Gasteiger partial charge in [-0.3, -0.25) is 4.55 Å². The molecule has 0 unspecified atom stereocenters. The first-order valence-corrected chi connectivity index (χ1v) is 3.18. The summed E-state index contributed by atoms with van der Waals surface area (Å²) >= 11 is 0.920. The highest BCUT2D eigenvalue weighted by atomic mass is 32.2. The van der Waals surface area contributed by atoms with Gasteiger partial charge in [0.05, 0.1) is 0 Å². The van der Waals surface area contributed by atoms with Gasteiger partial charge >= 0.3 is 25.8 Å². The van der Waals surface area contributed by atoms with Crippen molar-refractivity contribution in [2.24, 2.45) is 0 Å². The Balaban J connectivity index is 0. The van der Waals surface area contributed by atoms with Crippen molar-refractivity contribution in [2.75, 3.05) is 0 Å². The van der Waals surface area contributed by atoms with Gasteiger partial charge in [-0.05, 0) is 0 Å². The molecule has 0 bridgehead atoms. The zero-order chi connectivity index (χ0) is 7.15. The fraction of sp³-hybridized carbons (Fsp3) is 0. The van der Waals surface area contributed by atoms with E-state index in [4.69, 9.17) is 22.9 Å². The molecule has 0 aromatic carbocycles. The molecular formula is CH3MgO5S+2. The van der Waals surface area contributed by atoms with E-state index in [-0.39, 0.29) is 0 Å². The Morgan fingerprint density at radius 3 is 1.50 bits per heavy atom. The monoisotopic (exact) mass is 151 g/mol. The molecule has 0 aromatic rings. The van der Waals surface area contributed by atoms with Crippen LogP contribution in [0.25, 0.3) is 0 Å². The van der Waals surface area contributed by atoms with E-state index in [1.54, 1.807) is 0 Å². The first-order valence-electron chi connectivity index (χ1n) is 1.35. The Morgan fingerprint density at radius 2 is 1.50 bits per heavy atom. The van der Waals surface area contributed by atoms with Crippen molar-refractivity contribution in [3.05, 3.63) is 0 Å². The van der Waals surface area contributed by atoms with Gasteiger partial charge in [0.1, 0.15) is 0 Å². The Hall–Kier alpha value is 0.146. The van der Waals surface area contributed by atoms with Gasteiger partial charge in [0.25, 0.3) is 11.0 Å². The maximum absolute atomic E-state index is 9.01. The van der Waals surface area contributed by atoms with Crippen LogP contribution in [0, 0.1) is 0 Å². The van der Waals surface area contributed by atoms with E-state index in [9.17, 15) is 0 Å². The van der Waals surface area contributed by atoms with Crippen molar-refractivity contribution in [2.45, 2.75) is 0 Å². The highest BCUT2D eigenvalue weighted by molar-refractivity contribution is 7.66. The van der Waals surface area contributed by atoms with Gasteiger partial charge in [0.15, 0.2) is 0 Å². The summed E-state index contributed by atoms with van der Waals surface area (Å²) in [6.07, 6.45) is 0. The van der Waals surface area contributed by atoms with Crippen LogP contribution in [-0.4, -0.2) is 43.9 Å². The van der Waals surface area contributed by atoms with Crippen molar-refractivity contribution in [3.63, 3.8) is 0 Å².